The quantitative estimate of drug-likeness (QED) is 0.762. The van der Waals surface area contributed by atoms with Crippen LogP contribution in [0.2, 0.25) is 0 Å². The predicted octanol–water partition coefficient (Wildman–Crippen LogP) is 2.08. The highest BCUT2D eigenvalue weighted by Gasteiger charge is 2.50. The number of likely N-dealkylation sites (N-methyl/N-ethyl adjacent to an activating group) is 1. The van der Waals surface area contributed by atoms with E-state index in [1.54, 1.807) is 13.1 Å². The number of piperazine rings is 1. The van der Waals surface area contributed by atoms with Crippen molar-refractivity contribution in [1.29, 1.82) is 0 Å². The number of nitrogens with zero attached hydrogens (tertiary/aromatic N) is 3. The van der Waals surface area contributed by atoms with E-state index in [-0.39, 0.29) is 37.0 Å². The Labute approximate surface area is 168 Å². The molecule has 1 spiro atoms. The van der Waals surface area contributed by atoms with Gasteiger partial charge in [-0.25, -0.2) is 17.2 Å². The van der Waals surface area contributed by atoms with Gasteiger partial charge in [0, 0.05) is 25.3 Å². The Kier molecular flexibility index (Phi) is 4.92. The van der Waals surface area contributed by atoms with Gasteiger partial charge in [0.1, 0.15) is 16.5 Å². The molecule has 0 N–H and O–H groups in total. The van der Waals surface area contributed by atoms with Crippen molar-refractivity contribution >= 4 is 21.6 Å². The molecule has 4 rings (SSSR count). The molecule has 2 aromatic carbocycles. The molecular weight excluding hydrogens is 400 g/mol. The topological polar surface area (TPSA) is 60.9 Å². The Morgan fingerprint density at radius 3 is 2.52 bits per heavy atom. The number of benzene rings is 2. The summed E-state index contributed by atoms with van der Waals surface area (Å²) in [6.07, 6.45) is 0.482. The van der Waals surface area contributed by atoms with Crippen molar-refractivity contribution < 1.29 is 22.0 Å². The molecule has 2 saturated heterocycles. The monoisotopic (exact) mass is 421 g/mol. The van der Waals surface area contributed by atoms with Crippen LogP contribution in [0, 0.1) is 11.6 Å². The van der Waals surface area contributed by atoms with Gasteiger partial charge in [-0.3, -0.25) is 9.69 Å². The van der Waals surface area contributed by atoms with Gasteiger partial charge in [-0.15, -0.1) is 0 Å². The van der Waals surface area contributed by atoms with Gasteiger partial charge in [-0.1, -0.05) is 18.2 Å². The minimum atomic E-state index is -4.00. The molecule has 2 aliphatic heterocycles. The molecule has 2 heterocycles. The summed E-state index contributed by atoms with van der Waals surface area (Å²) in [5, 5.41) is 0. The smallest absolute Gasteiger partial charge is 0.246 e. The average Bonchev–Trinajstić information content (AvgIpc) is 3.11. The van der Waals surface area contributed by atoms with Crippen LogP contribution in [0.5, 0.6) is 0 Å². The van der Waals surface area contributed by atoms with Gasteiger partial charge in [-0.05, 0) is 43.8 Å². The second kappa shape index (κ2) is 7.16. The van der Waals surface area contributed by atoms with Crippen LogP contribution in [0.15, 0.2) is 53.4 Å². The molecule has 0 radical (unpaired) electrons. The molecular formula is C20H21F2N3O3S. The molecule has 2 fully saturated rings. The molecule has 2 aliphatic rings. The normalized spacial score (nSPS) is 23.8. The molecule has 1 amide bonds. The number of sulfonamides is 1. The van der Waals surface area contributed by atoms with E-state index in [9.17, 15) is 22.0 Å². The van der Waals surface area contributed by atoms with Crippen molar-refractivity contribution in [3.8, 4) is 0 Å². The maximum absolute atomic E-state index is 14.1. The first-order valence-corrected chi connectivity index (χ1v) is 10.7. The van der Waals surface area contributed by atoms with Gasteiger partial charge in [0.2, 0.25) is 15.9 Å². The highest BCUT2D eigenvalue weighted by Crippen LogP contribution is 2.36. The van der Waals surface area contributed by atoms with Gasteiger partial charge in [0.25, 0.3) is 0 Å². The van der Waals surface area contributed by atoms with Gasteiger partial charge >= 0.3 is 0 Å². The molecule has 6 nitrogen and oxygen atoms in total. The third-order valence-electron chi connectivity index (χ3n) is 5.81. The van der Waals surface area contributed by atoms with E-state index in [0.29, 0.717) is 12.1 Å². The zero-order chi connectivity index (χ0) is 20.8. The first-order valence-electron chi connectivity index (χ1n) is 9.25. The summed E-state index contributed by atoms with van der Waals surface area (Å²) >= 11 is 0. The van der Waals surface area contributed by atoms with Gasteiger partial charge in [-0.2, -0.15) is 4.31 Å². The molecule has 1 atom stereocenters. The van der Waals surface area contributed by atoms with E-state index in [4.69, 9.17) is 0 Å². The third-order valence-corrected chi connectivity index (χ3v) is 7.69. The van der Waals surface area contributed by atoms with E-state index >= 15 is 0 Å². The van der Waals surface area contributed by atoms with Crippen LogP contribution >= 0.6 is 0 Å². The van der Waals surface area contributed by atoms with Crippen LogP contribution < -0.4 is 4.90 Å². The molecule has 0 saturated carbocycles. The maximum Gasteiger partial charge on any atom is 0.246 e. The minimum Gasteiger partial charge on any atom is -0.309 e. The number of anilines is 1. The Balaban J connectivity index is 1.63. The molecule has 2 aromatic rings. The SMILES string of the molecule is CN1CC(=O)N(c2cccc(F)c2)C[C@]12CCN(S(=O)(=O)c1ccccc1F)C2. The number of hydrogen-bond donors (Lipinski definition) is 0. The second-order valence-electron chi connectivity index (χ2n) is 7.56. The Hall–Kier alpha value is -2.36. The predicted molar refractivity (Wildman–Crippen MR) is 104 cm³/mol. The van der Waals surface area contributed by atoms with E-state index < -0.39 is 27.2 Å². The lowest BCUT2D eigenvalue weighted by Crippen LogP contribution is -2.64. The fourth-order valence-electron chi connectivity index (χ4n) is 4.10. The van der Waals surface area contributed by atoms with Crippen LogP contribution in [0.4, 0.5) is 14.5 Å². The number of carbonyl (C=O) groups excluding carboxylic acids is 1. The van der Waals surface area contributed by atoms with Gasteiger partial charge in [0.15, 0.2) is 0 Å². The molecule has 0 aromatic heterocycles. The summed E-state index contributed by atoms with van der Waals surface area (Å²) in [6.45, 7) is 0.657. The average molecular weight is 421 g/mol. The van der Waals surface area contributed by atoms with Crippen LogP contribution in [0.25, 0.3) is 0 Å². The van der Waals surface area contributed by atoms with Crippen molar-refractivity contribution in [3.05, 3.63) is 60.2 Å². The number of rotatable bonds is 3. The van der Waals surface area contributed by atoms with E-state index in [1.807, 2.05) is 4.90 Å². The van der Waals surface area contributed by atoms with Crippen molar-refractivity contribution in [3.63, 3.8) is 0 Å². The Morgan fingerprint density at radius 1 is 1.03 bits per heavy atom. The summed E-state index contributed by atoms with van der Waals surface area (Å²) in [7, 11) is -2.22. The summed E-state index contributed by atoms with van der Waals surface area (Å²) < 4.78 is 55.0. The van der Waals surface area contributed by atoms with Gasteiger partial charge < -0.3 is 4.90 Å². The first kappa shape index (κ1) is 19.9. The van der Waals surface area contributed by atoms with Crippen LogP contribution in [0.1, 0.15) is 6.42 Å². The van der Waals surface area contributed by atoms with Gasteiger partial charge in [0.05, 0.1) is 12.1 Å². The van der Waals surface area contributed by atoms with Crippen molar-refractivity contribution in [2.24, 2.45) is 0 Å². The zero-order valence-corrected chi connectivity index (χ0v) is 16.7. The molecule has 154 valence electrons. The lowest BCUT2D eigenvalue weighted by molar-refractivity contribution is -0.123. The summed E-state index contributed by atoms with van der Waals surface area (Å²) in [4.78, 5) is 15.6. The zero-order valence-electron chi connectivity index (χ0n) is 15.9. The van der Waals surface area contributed by atoms with E-state index in [1.165, 1.54) is 45.6 Å². The number of hydrogen-bond acceptors (Lipinski definition) is 4. The third kappa shape index (κ3) is 3.43. The van der Waals surface area contributed by atoms with Crippen LogP contribution in [-0.4, -0.2) is 62.3 Å². The first-order chi connectivity index (χ1) is 13.7. The molecule has 0 unspecified atom stereocenters. The minimum absolute atomic E-state index is 0.0874. The second-order valence-corrected chi connectivity index (χ2v) is 9.47. The highest BCUT2D eigenvalue weighted by molar-refractivity contribution is 7.89. The number of carbonyl (C=O) groups is 1. The van der Waals surface area contributed by atoms with Crippen molar-refractivity contribution in [2.75, 3.05) is 38.1 Å². The summed E-state index contributed by atoms with van der Waals surface area (Å²) in [5.74, 6) is -1.42. The summed E-state index contributed by atoms with van der Waals surface area (Å²) in [6, 6.07) is 11.1. The van der Waals surface area contributed by atoms with Crippen molar-refractivity contribution in [2.45, 2.75) is 16.9 Å². The lowest BCUT2D eigenvalue weighted by Gasteiger charge is -2.46. The standard InChI is InChI=1S/C20H21F2N3O3S/c1-23-12-19(26)25(16-6-4-5-15(21)11-16)14-20(23)9-10-24(13-20)29(27,28)18-8-3-2-7-17(18)22/h2-8,11H,9-10,12-14H2,1H3/t20-/m1/s1. The highest BCUT2D eigenvalue weighted by atomic mass is 32.2. The molecule has 0 aliphatic carbocycles. The van der Waals surface area contributed by atoms with Crippen LogP contribution in [-0.2, 0) is 14.8 Å². The Morgan fingerprint density at radius 2 is 1.79 bits per heavy atom. The largest absolute Gasteiger partial charge is 0.309 e. The maximum atomic E-state index is 14.1. The number of amides is 1. The Bertz CT molecular complexity index is 1060. The lowest BCUT2D eigenvalue weighted by atomic mass is 9.92. The van der Waals surface area contributed by atoms with E-state index in [0.717, 1.165) is 6.07 Å². The fourth-order valence-corrected chi connectivity index (χ4v) is 5.68. The van der Waals surface area contributed by atoms with E-state index in [2.05, 4.69) is 0 Å². The summed E-state index contributed by atoms with van der Waals surface area (Å²) in [5.41, 5.74) is -0.184. The molecule has 0 bridgehead atoms. The van der Waals surface area contributed by atoms with Crippen molar-refractivity contribution in [1.82, 2.24) is 9.21 Å². The number of halogens is 2. The fraction of sp³-hybridized carbons (Fsp3) is 0.350. The van der Waals surface area contributed by atoms with Crippen LogP contribution in [0.3, 0.4) is 0 Å². The molecule has 9 heteroatoms. The molecule has 29 heavy (non-hydrogen) atoms.